The van der Waals surface area contributed by atoms with Crippen LogP contribution in [0.15, 0.2) is 6.33 Å². The van der Waals surface area contributed by atoms with Crippen LogP contribution in [0.25, 0.3) is 0 Å². The van der Waals surface area contributed by atoms with Gasteiger partial charge in [-0.3, -0.25) is 10.1 Å². The maximum atomic E-state index is 11.3. The van der Waals surface area contributed by atoms with E-state index in [4.69, 9.17) is 0 Å². The van der Waals surface area contributed by atoms with Gasteiger partial charge in [0.2, 0.25) is 11.6 Å². The van der Waals surface area contributed by atoms with Gasteiger partial charge < -0.3 is 10.2 Å². The minimum absolute atomic E-state index is 0.0456. The van der Waals surface area contributed by atoms with Crippen molar-refractivity contribution >= 4 is 17.3 Å². The van der Waals surface area contributed by atoms with E-state index in [1.807, 2.05) is 11.9 Å². The summed E-state index contributed by atoms with van der Waals surface area (Å²) in [5, 5.41) is 14.1. The molecule has 0 aliphatic heterocycles. The molecule has 1 heterocycles. The van der Waals surface area contributed by atoms with Crippen LogP contribution in [-0.4, -0.2) is 35.0 Å². The Labute approximate surface area is 118 Å². The number of nitrogens with zero attached hydrogens (tertiary/aromatic N) is 4. The predicted octanol–water partition coefficient (Wildman–Crippen LogP) is 2.44. The Kier molecular flexibility index (Phi) is 4.36. The third-order valence-corrected chi connectivity index (χ3v) is 4.01. The minimum Gasteiger partial charge on any atom is -0.367 e. The topological polar surface area (TPSA) is 84.2 Å². The fourth-order valence-corrected chi connectivity index (χ4v) is 2.91. The number of nitro groups is 1. The molecular formula is C13H21N5O2. The Balaban J connectivity index is 2.33. The first kappa shape index (κ1) is 14.5. The molecule has 110 valence electrons. The van der Waals surface area contributed by atoms with Gasteiger partial charge in [-0.2, -0.15) is 0 Å². The van der Waals surface area contributed by atoms with Gasteiger partial charge in [-0.25, -0.2) is 9.97 Å². The van der Waals surface area contributed by atoms with Crippen LogP contribution in [-0.2, 0) is 0 Å². The molecule has 1 N–H and O–H groups in total. The predicted molar refractivity (Wildman–Crippen MR) is 78.1 cm³/mol. The highest BCUT2D eigenvalue weighted by Gasteiger charge is 2.30. The normalized spacial score (nSPS) is 22.4. The van der Waals surface area contributed by atoms with Gasteiger partial charge in [0.1, 0.15) is 6.33 Å². The monoisotopic (exact) mass is 279 g/mol. The minimum atomic E-state index is -0.413. The smallest absolute Gasteiger partial charge is 0.353 e. The van der Waals surface area contributed by atoms with E-state index in [0.717, 1.165) is 19.3 Å². The maximum Gasteiger partial charge on any atom is 0.353 e. The number of aromatic nitrogens is 2. The number of hydrogen-bond acceptors (Lipinski definition) is 6. The van der Waals surface area contributed by atoms with Crippen LogP contribution in [0.4, 0.5) is 17.3 Å². The van der Waals surface area contributed by atoms with Gasteiger partial charge in [-0.05, 0) is 18.8 Å². The second-order valence-corrected chi connectivity index (χ2v) is 5.44. The SMILES string of the molecule is CNc1ncnc(N(C)C2CCCC(C)C2)c1[N+](=O)[O-]. The van der Waals surface area contributed by atoms with E-state index >= 15 is 0 Å². The molecular weight excluding hydrogens is 258 g/mol. The molecule has 2 unspecified atom stereocenters. The van der Waals surface area contributed by atoms with E-state index in [2.05, 4.69) is 22.2 Å². The summed E-state index contributed by atoms with van der Waals surface area (Å²) in [6.45, 7) is 2.23. The first-order valence-electron chi connectivity index (χ1n) is 6.94. The highest BCUT2D eigenvalue weighted by Crippen LogP contribution is 2.35. The Morgan fingerprint density at radius 1 is 1.45 bits per heavy atom. The molecule has 7 nitrogen and oxygen atoms in total. The van der Waals surface area contributed by atoms with Crippen molar-refractivity contribution in [2.75, 3.05) is 24.3 Å². The maximum absolute atomic E-state index is 11.3. The van der Waals surface area contributed by atoms with Crippen LogP contribution in [0.1, 0.15) is 32.6 Å². The van der Waals surface area contributed by atoms with Gasteiger partial charge in [0, 0.05) is 20.1 Å². The zero-order chi connectivity index (χ0) is 14.7. The van der Waals surface area contributed by atoms with E-state index in [1.165, 1.54) is 12.7 Å². The molecule has 0 saturated heterocycles. The molecule has 1 fully saturated rings. The highest BCUT2D eigenvalue weighted by molar-refractivity contribution is 5.70. The van der Waals surface area contributed by atoms with E-state index in [0.29, 0.717) is 17.8 Å². The first-order chi connectivity index (χ1) is 9.54. The third kappa shape index (κ3) is 2.81. The van der Waals surface area contributed by atoms with Crippen LogP contribution in [0.2, 0.25) is 0 Å². The van der Waals surface area contributed by atoms with Gasteiger partial charge >= 0.3 is 5.69 Å². The first-order valence-corrected chi connectivity index (χ1v) is 6.94. The highest BCUT2D eigenvalue weighted by atomic mass is 16.6. The van der Waals surface area contributed by atoms with E-state index in [-0.39, 0.29) is 11.5 Å². The summed E-state index contributed by atoms with van der Waals surface area (Å²) in [5.74, 6) is 1.31. The molecule has 7 heteroatoms. The zero-order valence-electron chi connectivity index (χ0n) is 12.2. The van der Waals surface area contributed by atoms with Crippen LogP contribution in [0, 0.1) is 16.0 Å². The quantitative estimate of drug-likeness (QED) is 0.673. The molecule has 1 aromatic rings. The standard InChI is InChI=1S/C13H21N5O2/c1-9-5-4-6-10(7-9)17(3)13-11(18(19)20)12(14-2)15-8-16-13/h8-10H,4-7H2,1-3H3,(H,14,15,16). The lowest BCUT2D eigenvalue weighted by molar-refractivity contribution is -0.383. The van der Waals surface area contributed by atoms with Gasteiger partial charge in [-0.1, -0.05) is 19.8 Å². The average molecular weight is 279 g/mol. The van der Waals surface area contributed by atoms with Gasteiger partial charge in [-0.15, -0.1) is 0 Å². The van der Waals surface area contributed by atoms with Crippen molar-refractivity contribution in [1.29, 1.82) is 0 Å². The molecule has 20 heavy (non-hydrogen) atoms. The molecule has 0 radical (unpaired) electrons. The molecule has 1 aliphatic carbocycles. The summed E-state index contributed by atoms with van der Waals surface area (Å²) in [5.41, 5.74) is -0.0456. The molecule has 0 bridgehead atoms. The van der Waals surface area contributed by atoms with Gasteiger partial charge in [0.05, 0.1) is 4.92 Å². The van der Waals surface area contributed by atoms with Crippen molar-refractivity contribution in [2.24, 2.45) is 5.92 Å². The summed E-state index contributed by atoms with van der Waals surface area (Å²) in [4.78, 5) is 20.9. The van der Waals surface area contributed by atoms with Gasteiger partial charge in [0.25, 0.3) is 0 Å². The Hall–Kier alpha value is -1.92. The fourth-order valence-electron chi connectivity index (χ4n) is 2.91. The van der Waals surface area contributed by atoms with Crippen LogP contribution in [0.3, 0.4) is 0 Å². The van der Waals surface area contributed by atoms with Crippen molar-refractivity contribution in [3.05, 3.63) is 16.4 Å². The molecule has 1 aromatic heterocycles. The van der Waals surface area contributed by atoms with E-state index < -0.39 is 4.92 Å². The number of anilines is 2. The fraction of sp³-hybridized carbons (Fsp3) is 0.692. The van der Waals surface area contributed by atoms with E-state index in [9.17, 15) is 10.1 Å². The third-order valence-electron chi connectivity index (χ3n) is 4.01. The molecule has 1 aliphatic rings. The Bertz CT molecular complexity index is 494. The molecule has 1 saturated carbocycles. The van der Waals surface area contributed by atoms with Gasteiger partial charge in [0.15, 0.2) is 0 Å². The summed E-state index contributed by atoms with van der Waals surface area (Å²) in [6.07, 6.45) is 5.87. The second kappa shape index (κ2) is 6.02. The zero-order valence-corrected chi connectivity index (χ0v) is 12.2. The Morgan fingerprint density at radius 2 is 2.20 bits per heavy atom. The van der Waals surface area contributed by atoms with Crippen molar-refractivity contribution in [1.82, 2.24) is 9.97 Å². The summed E-state index contributed by atoms with van der Waals surface area (Å²) in [6, 6.07) is 0.303. The Morgan fingerprint density at radius 3 is 2.80 bits per heavy atom. The number of nitrogens with one attached hydrogen (secondary N) is 1. The molecule has 0 aromatic carbocycles. The number of hydrogen-bond donors (Lipinski definition) is 1. The average Bonchev–Trinajstić information content (AvgIpc) is 2.45. The summed E-state index contributed by atoms with van der Waals surface area (Å²) in [7, 11) is 3.51. The van der Waals surface area contributed by atoms with Crippen molar-refractivity contribution in [3.8, 4) is 0 Å². The van der Waals surface area contributed by atoms with Crippen LogP contribution in [0.5, 0.6) is 0 Å². The molecule has 2 atom stereocenters. The van der Waals surface area contributed by atoms with Crippen molar-refractivity contribution < 1.29 is 4.92 Å². The largest absolute Gasteiger partial charge is 0.367 e. The van der Waals surface area contributed by atoms with Crippen LogP contribution >= 0.6 is 0 Å². The lowest BCUT2D eigenvalue weighted by atomic mass is 9.86. The lowest BCUT2D eigenvalue weighted by Gasteiger charge is -2.34. The molecule has 0 amide bonds. The number of rotatable bonds is 4. The van der Waals surface area contributed by atoms with Crippen molar-refractivity contribution in [2.45, 2.75) is 38.6 Å². The van der Waals surface area contributed by atoms with Crippen LogP contribution < -0.4 is 10.2 Å². The summed E-state index contributed by atoms with van der Waals surface area (Å²) >= 11 is 0. The summed E-state index contributed by atoms with van der Waals surface area (Å²) < 4.78 is 0. The second-order valence-electron chi connectivity index (χ2n) is 5.44. The van der Waals surface area contributed by atoms with Crippen molar-refractivity contribution in [3.63, 3.8) is 0 Å². The molecule has 0 spiro atoms. The van der Waals surface area contributed by atoms with E-state index in [1.54, 1.807) is 7.05 Å². The lowest BCUT2D eigenvalue weighted by Crippen LogP contribution is -2.36. The molecule has 2 rings (SSSR count).